The molecule has 1 amide bonds. The van der Waals surface area contributed by atoms with Crippen molar-refractivity contribution in [2.24, 2.45) is 5.92 Å². The number of aryl methyl sites for hydroxylation is 1. The van der Waals surface area contributed by atoms with E-state index in [1.54, 1.807) is 13.0 Å². The molecule has 19 heavy (non-hydrogen) atoms. The van der Waals surface area contributed by atoms with Crippen LogP contribution in [0, 0.1) is 12.8 Å². The normalized spacial score (nSPS) is 24.3. The van der Waals surface area contributed by atoms with Gasteiger partial charge in [0, 0.05) is 12.6 Å². The molecule has 1 aliphatic heterocycles. The molecule has 5 heteroatoms. The Bertz CT molecular complexity index is 453. The van der Waals surface area contributed by atoms with Crippen LogP contribution in [0.25, 0.3) is 0 Å². The van der Waals surface area contributed by atoms with Crippen molar-refractivity contribution in [2.75, 3.05) is 19.8 Å². The number of carbonyl (C=O) groups excluding carboxylic acids is 1. The van der Waals surface area contributed by atoms with Crippen molar-refractivity contribution in [3.8, 4) is 0 Å². The number of nitrogens with zero attached hydrogens (tertiary/aromatic N) is 2. The first-order chi connectivity index (χ1) is 9.24. The number of amides is 1. The van der Waals surface area contributed by atoms with E-state index < -0.39 is 0 Å². The molecule has 0 bridgehead atoms. The van der Waals surface area contributed by atoms with Crippen molar-refractivity contribution in [1.82, 2.24) is 10.1 Å². The van der Waals surface area contributed by atoms with Gasteiger partial charge in [-0.3, -0.25) is 4.79 Å². The van der Waals surface area contributed by atoms with Crippen molar-refractivity contribution in [3.05, 3.63) is 17.5 Å². The fraction of sp³-hybridized carbons (Fsp3) is 0.714. The maximum atomic E-state index is 12.5. The van der Waals surface area contributed by atoms with Crippen molar-refractivity contribution >= 4 is 5.91 Å². The first-order valence-corrected chi connectivity index (χ1v) is 7.06. The first kappa shape index (κ1) is 12.7. The van der Waals surface area contributed by atoms with Crippen molar-refractivity contribution in [1.29, 1.82) is 0 Å². The van der Waals surface area contributed by atoms with Gasteiger partial charge in [-0.05, 0) is 19.3 Å². The molecule has 0 spiro atoms. The van der Waals surface area contributed by atoms with Crippen molar-refractivity contribution in [3.63, 3.8) is 0 Å². The second-order valence-electron chi connectivity index (χ2n) is 5.58. The lowest BCUT2D eigenvalue weighted by Gasteiger charge is -2.39. The van der Waals surface area contributed by atoms with Gasteiger partial charge in [0.25, 0.3) is 5.91 Å². The standard InChI is InChI=1S/C14H20N2O3/c1-10-7-13(15-19-10)14(17)16-5-6-18-9-12(16)8-11-3-2-4-11/h7,11-12H,2-6,8-9H2,1H3/t12-/m0/s1. The summed E-state index contributed by atoms with van der Waals surface area (Å²) in [5.41, 5.74) is 0.415. The molecular formula is C14H20N2O3. The third-order valence-corrected chi connectivity index (χ3v) is 4.17. The summed E-state index contributed by atoms with van der Waals surface area (Å²) in [5, 5.41) is 3.83. The van der Waals surface area contributed by atoms with Gasteiger partial charge < -0.3 is 14.2 Å². The second-order valence-corrected chi connectivity index (χ2v) is 5.58. The lowest BCUT2D eigenvalue weighted by atomic mass is 9.80. The zero-order valence-electron chi connectivity index (χ0n) is 11.3. The fourth-order valence-corrected chi connectivity index (χ4v) is 2.85. The molecule has 1 aromatic rings. The summed E-state index contributed by atoms with van der Waals surface area (Å²) in [6.07, 6.45) is 4.97. The molecule has 2 aliphatic rings. The van der Waals surface area contributed by atoms with E-state index in [0.29, 0.717) is 31.2 Å². The maximum absolute atomic E-state index is 12.5. The third-order valence-electron chi connectivity index (χ3n) is 4.17. The molecule has 2 fully saturated rings. The van der Waals surface area contributed by atoms with Crippen LogP contribution in [-0.2, 0) is 4.74 Å². The van der Waals surface area contributed by atoms with Crippen molar-refractivity contribution < 1.29 is 14.1 Å². The van der Waals surface area contributed by atoms with E-state index in [4.69, 9.17) is 9.26 Å². The Labute approximate surface area is 112 Å². The monoisotopic (exact) mass is 264 g/mol. The van der Waals surface area contributed by atoms with Crippen LogP contribution in [0.2, 0.25) is 0 Å². The van der Waals surface area contributed by atoms with Crippen LogP contribution in [0.4, 0.5) is 0 Å². The molecule has 0 radical (unpaired) electrons. The highest BCUT2D eigenvalue weighted by Crippen LogP contribution is 2.32. The molecular weight excluding hydrogens is 244 g/mol. The predicted octanol–water partition coefficient (Wildman–Crippen LogP) is 2.01. The Hall–Kier alpha value is -1.36. The minimum absolute atomic E-state index is 0.0236. The van der Waals surface area contributed by atoms with Gasteiger partial charge in [-0.2, -0.15) is 0 Å². The Kier molecular flexibility index (Phi) is 3.55. The van der Waals surface area contributed by atoms with Gasteiger partial charge in [0.15, 0.2) is 5.69 Å². The van der Waals surface area contributed by atoms with Crippen LogP contribution >= 0.6 is 0 Å². The number of rotatable bonds is 3. The Balaban J connectivity index is 1.70. The molecule has 1 saturated carbocycles. The average molecular weight is 264 g/mol. The van der Waals surface area contributed by atoms with Crippen LogP contribution in [0.5, 0.6) is 0 Å². The molecule has 1 saturated heterocycles. The number of hydrogen-bond acceptors (Lipinski definition) is 4. The average Bonchev–Trinajstić information content (AvgIpc) is 2.80. The van der Waals surface area contributed by atoms with Crippen LogP contribution in [0.1, 0.15) is 41.9 Å². The summed E-state index contributed by atoms with van der Waals surface area (Å²) < 4.78 is 10.5. The molecule has 1 aliphatic carbocycles. The number of aromatic nitrogens is 1. The summed E-state index contributed by atoms with van der Waals surface area (Å²) in [6.45, 7) is 3.72. The molecule has 0 aromatic carbocycles. The number of morpholine rings is 1. The molecule has 3 rings (SSSR count). The molecule has 1 atom stereocenters. The molecule has 0 N–H and O–H groups in total. The topological polar surface area (TPSA) is 55.6 Å². The SMILES string of the molecule is Cc1cc(C(=O)N2CCOC[C@@H]2CC2CCC2)no1. The summed E-state index contributed by atoms with van der Waals surface area (Å²) in [7, 11) is 0. The lowest BCUT2D eigenvalue weighted by Crippen LogP contribution is -2.49. The predicted molar refractivity (Wildman–Crippen MR) is 68.8 cm³/mol. The van der Waals surface area contributed by atoms with E-state index in [9.17, 15) is 4.79 Å². The first-order valence-electron chi connectivity index (χ1n) is 7.06. The smallest absolute Gasteiger partial charge is 0.276 e. The zero-order valence-corrected chi connectivity index (χ0v) is 11.3. The Morgan fingerprint density at radius 3 is 3.00 bits per heavy atom. The Morgan fingerprint density at radius 2 is 2.37 bits per heavy atom. The largest absolute Gasteiger partial charge is 0.377 e. The second kappa shape index (κ2) is 5.33. The minimum atomic E-state index is -0.0236. The lowest BCUT2D eigenvalue weighted by molar-refractivity contribution is -0.0128. The van der Waals surface area contributed by atoms with Gasteiger partial charge in [-0.1, -0.05) is 24.4 Å². The number of ether oxygens (including phenoxy) is 1. The summed E-state index contributed by atoms with van der Waals surface area (Å²) in [6, 6.07) is 1.90. The zero-order chi connectivity index (χ0) is 13.2. The van der Waals surface area contributed by atoms with E-state index in [-0.39, 0.29) is 11.9 Å². The van der Waals surface area contributed by atoms with Crippen LogP contribution < -0.4 is 0 Å². The Morgan fingerprint density at radius 1 is 1.53 bits per heavy atom. The third kappa shape index (κ3) is 2.66. The van der Waals surface area contributed by atoms with Crippen molar-refractivity contribution in [2.45, 2.75) is 38.6 Å². The summed E-state index contributed by atoms with van der Waals surface area (Å²) in [4.78, 5) is 14.4. The van der Waals surface area contributed by atoms with Gasteiger partial charge in [-0.15, -0.1) is 0 Å². The molecule has 2 heterocycles. The summed E-state index contributed by atoms with van der Waals surface area (Å²) in [5.74, 6) is 1.41. The van der Waals surface area contributed by atoms with E-state index in [2.05, 4.69) is 5.16 Å². The van der Waals surface area contributed by atoms with E-state index in [0.717, 1.165) is 12.3 Å². The molecule has 104 valence electrons. The van der Waals surface area contributed by atoms with E-state index in [1.165, 1.54) is 19.3 Å². The van der Waals surface area contributed by atoms with Gasteiger partial charge in [0.1, 0.15) is 5.76 Å². The molecule has 5 nitrogen and oxygen atoms in total. The van der Waals surface area contributed by atoms with Gasteiger partial charge in [-0.25, -0.2) is 0 Å². The highest BCUT2D eigenvalue weighted by molar-refractivity contribution is 5.92. The van der Waals surface area contributed by atoms with Gasteiger partial charge in [0.05, 0.1) is 19.3 Å². The van der Waals surface area contributed by atoms with Crippen LogP contribution in [-0.4, -0.2) is 41.8 Å². The number of carbonyl (C=O) groups is 1. The number of hydrogen-bond donors (Lipinski definition) is 0. The molecule has 0 unspecified atom stereocenters. The van der Waals surface area contributed by atoms with Crippen LogP contribution in [0.15, 0.2) is 10.6 Å². The summed E-state index contributed by atoms with van der Waals surface area (Å²) >= 11 is 0. The minimum Gasteiger partial charge on any atom is -0.377 e. The molecule has 1 aromatic heterocycles. The highest BCUT2D eigenvalue weighted by Gasteiger charge is 2.32. The van der Waals surface area contributed by atoms with Gasteiger partial charge in [0.2, 0.25) is 0 Å². The van der Waals surface area contributed by atoms with E-state index in [1.807, 2.05) is 4.90 Å². The highest BCUT2D eigenvalue weighted by atomic mass is 16.5. The van der Waals surface area contributed by atoms with Gasteiger partial charge >= 0.3 is 0 Å². The van der Waals surface area contributed by atoms with Crippen LogP contribution in [0.3, 0.4) is 0 Å². The van der Waals surface area contributed by atoms with E-state index >= 15 is 0 Å². The maximum Gasteiger partial charge on any atom is 0.276 e. The quantitative estimate of drug-likeness (QED) is 0.838. The fourth-order valence-electron chi connectivity index (χ4n) is 2.85.